The normalized spacial score (nSPS) is 12.3. The lowest BCUT2D eigenvalue weighted by Crippen LogP contribution is -2.06. The van der Waals surface area contributed by atoms with E-state index in [1.165, 1.54) is 16.3 Å². The van der Waals surface area contributed by atoms with E-state index in [0.717, 1.165) is 15.2 Å². The molecule has 3 aromatic carbocycles. The predicted octanol–water partition coefficient (Wildman–Crippen LogP) is 6.43. The van der Waals surface area contributed by atoms with Crippen molar-refractivity contribution in [3.05, 3.63) is 75.7 Å². The number of rotatable bonds is 3. The Balaban J connectivity index is 1.95. The van der Waals surface area contributed by atoms with Crippen molar-refractivity contribution < 1.29 is 0 Å². The van der Waals surface area contributed by atoms with Gasteiger partial charge in [-0.05, 0) is 42.1 Å². The summed E-state index contributed by atoms with van der Waals surface area (Å²) in [5, 5.41) is 6.78. The summed E-state index contributed by atoms with van der Waals surface area (Å²) >= 11 is 9.55. The van der Waals surface area contributed by atoms with Crippen LogP contribution >= 0.6 is 27.5 Å². The third-order valence-electron chi connectivity index (χ3n) is 3.61. The molecular formula is C18H15BrClN. The molecule has 0 heterocycles. The number of halogens is 2. The summed E-state index contributed by atoms with van der Waals surface area (Å²) in [5.41, 5.74) is 2.35. The van der Waals surface area contributed by atoms with Gasteiger partial charge in [0.1, 0.15) is 0 Å². The molecule has 106 valence electrons. The Bertz CT molecular complexity index is 768. The molecule has 0 saturated heterocycles. The van der Waals surface area contributed by atoms with Crippen molar-refractivity contribution in [2.24, 2.45) is 0 Å². The van der Waals surface area contributed by atoms with Gasteiger partial charge in [0.15, 0.2) is 0 Å². The van der Waals surface area contributed by atoms with Crippen molar-refractivity contribution in [1.29, 1.82) is 0 Å². The highest BCUT2D eigenvalue weighted by atomic mass is 79.9. The lowest BCUT2D eigenvalue weighted by Gasteiger charge is -2.18. The highest BCUT2D eigenvalue weighted by Crippen LogP contribution is 2.32. The zero-order valence-electron chi connectivity index (χ0n) is 11.6. The third kappa shape index (κ3) is 3.07. The SMILES string of the molecule is CC(Nc1ccc(Br)c2ccccc12)c1ccc(Cl)cc1. The fourth-order valence-electron chi connectivity index (χ4n) is 2.46. The van der Waals surface area contributed by atoms with Gasteiger partial charge in [0, 0.05) is 26.6 Å². The van der Waals surface area contributed by atoms with Gasteiger partial charge in [-0.25, -0.2) is 0 Å². The summed E-state index contributed by atoms with van der Waals surface area (Å²) in [6, 6.07) is 20.7. The summed E-state index contributed by atoms with van der Waals surface area (Å²) in [6.07, 6.45) is 0. The Morgan fingerprint density at radius 2 is 1.57 bits per heavy atom. The number of anilines is 1. The molecule has 0 spiro atoms. The molecule has 1 atom stereocenters. The molecule has 0 fully saturated rings. The molecule has 0 aromatic heterocycles. The highest BCUT2D eigenvalue weighted by molar-refractivity contribution is 9.10. The van der Waals surface area contributed by atoms with Crippen LogP contribution < -0.4 is 5.32 Å². The lowest BCUT2D eigenvalue weighted by molar-refractivity contribution is 0.887. The lowest BCUT2D eigenvalue weighted by atomic mass is 10.1. The molecule has 3 heteroatoms. The maximum atomic E-state index is 5.95. The minimum absolute atomic E-state index is 0.215. The molecule has 1 N–H and O–H groups in total. The van der Waals surface area contributed by atoms with Crippen LogP contribution in [0.15, 0.2) is 65.1 Å². The maximum absolute atomic E-state index is 5.95. The average Bonchev–Trinajstić information content (AvgIpc) is 2.51. The molecule has 0 aliphatic carbocycles. The van der Waals surface area contributed by atoms with Crippen LogP contribution in [0.1, 0.15) is 18.5 Å². The number of hydrogen-bond acceptors (Lipinski definition) is 1. The van der Waals surface area contributed by atoms with E-state index in [4.69, 9.17) is 11.6 Å². The largest absolute Gasteiger partial charge is 0.378 e. The van der Waals surface area contributed by atoms with Gasteiger partial charge in [-0.2, -0.15) is 0 Å². The van der Waals surface area contributed by atoms with Crippen molar-refractivity contribution in [2.75, 3.05) is 5.32 Å². The summed E-state index contributed by atoms with van der Waals surface area (Å²) in [6.45, 7) is 2.15. The van der Waals surface area contributed by atoms with Crippen LogP contribution in [0, 0.1) is 0 Å². The van der Waals surface area contributed by atoms with Crippen molar-refractivity contribution in [1.82, 2.24) is 0 Å². The van der Waals surface area contributed by atoms with E-state index < -0.39 is 0 Å². The molecule has 1 unspecified atom stereocenters. The molecule has 0 radical (unpaired) electrons. The van der Waals surface area contributed by atoms with E-state index >= 15 is 0 Å². The van der Waals surface area contributed by atoms with Crippen LogP contribution in [0.4, 0.5) is 5.69 Å². The van der Waals surface area contributed by atoms with Crippen molar-refractivity contribution in [3.8, 4) is 0 Å². The van der Waals surface area contributed by atoms with E-state index in [-0.39, 0.29) is 6.04 Å². The first-order chi connectivity index (χ1) is 10.1. The molecule has 21 heavy (non-hydrogen) atoms. The molecule has 3 aromatic rings. The standard InChI is InChI=1S/C18H15BrClN/c1-12(13-6-8-14(20)9-7-13)21-18-11-10-17(19)15-4-2-3-5-16(15)18/h2-12,21H,1H3. The van der Waals surface area contributed by atoms with Crippen LogP contribution in [0.3, 0.4) is 0 Å². The van der Waals surface area contributed by atoms with Gasteiger partial charge in [0.05, 0.1) is 0 Å². The second kappa shape index (κ2) is 6.08. The summed E-state index contributed by atoms with van der Waals surface area (Å²) in [5.74, 6) is 0. The van der Waals surface area contributed by atoms with Gasteiger partial charge in [0.2, 0.25) is 0 Å². The van der Waals surface area contributed by atoms with E-state index in [2.05, 4.69) is 76.7 Å². The molecule has 3 rings (SSSR count). The van der Waals surface area contributed by atoms with E-state index in [9.17, 15) is 0 Å². The smallest absolute Gasteiger partial charge is 0.0485 e. The van der Waals surface area contributed by atoms with Crippen molar-refractivity contribution >= 4 is 44.0 Å². The fraction of sp³-hybridized carbons (Fsp3) is 0.111. The topological polar surface area (TPSA) is 12.0 Å². The van der Waals surface area contributed by atoms with Gasteiger partial charge in [-0.15, -0.1) is 0 Å². The second-order valence-corrected chi connectivity index (χ2v) is 6.35. The Kier molecular flexibility index (Phi) is 4.18. The zero-order valence-corrected chi connectivity index (χ0v) is 13.9. The maximum Gasteiger partial charge on any atom is 0.0485 e. The number of nitrogens with one attached hydrogen (secondary N) is 1. The quantitative estimate of drug-likeness (QED) is 0.567. The van der Waals surface area contributed by atoms with Crippen LogP contribution in [0.25, 0.3) is 10.8 Å². The summed E-state index contributed by atoms with van der Waals surface area (Å²) < 4.78 is 1.11. The van der Waals surface area contributed by atoms with E-state index in [1.54, 1.807) is 0 Å². The van der Waals surface area contributed by atoms with Gasteiger partial charge < -0.3 is 5.32 Å². The summed E-state index contributed by atoms with van der Waals surface area (Å²) in [4.78, 5) is 0. The number of benzene rings is 3. The molecule has 0 amide bonds. The zero-order chi connectivity index (χ0) is 14.8. The monoisotopic (exact) mass is 359 g/mol. The minimum atomic E-state index is 0.215. The highest BCUT2D eigenvalue weighted by Gasteiger charge is 2.09. The molecular weight excluding hydrogens is 346 g/mol. The van der Waals surface area contributed by atoms with E-state index in [0.29, 0.717) is 0 Å². The van der Waals surface area contributed by atoms with Crippen molar-refractivity contribution in [2.45, 2.75) is 13.0 Å². The number of hydrogen-bond donors (Lipinski definition) is 1. The first-order valence-electron chi connectivity index (χ1n) is 6.84. The van der Waals surface area contributed by atoms with Gasteiger partial charge in [-0.3, -0.25) is 0 Å². The molecule has 0 saturated carbocycles. The Morgan fingerprint density at radius 1 is 0.905 bits per heavy atom. The fourth-order valence-corrected chi connectivity index (χ4v) is 3.06. The number of fused-ring (bicyclic) bond motifs is 1. The van der Waals surface area contributed by atoms with Crippen LogP contribution in [0.5, 0.6) is 0 Å². The summed E-state index contributed by atoms with van der Waals surface area (Å²) in [7, 11) is 0. The predicted molar refractivity (Wildman–Crippen MR) is 95.1 cm³/mol. The van der Waals surface area contributed by atoms with Crippen LogP contribution in [-0.4, -0.2) is 0 Å². The second-order valence-electron chi connectivity index (χ2n) is 5.06. The third-order valence-corrected chi connectivity index (χ3v) is 4.56. The first kappa shape index (κ1) is 14.4. The Morgan fingerprint density at radius 3 is 2.29 bits per heavy atom. The Hall–Kier alpha value is -1.51. The average molecular weight is 361 g/mol. The Labute approximate surface area is 138 Å². The van der Waals surface area contributed by atoms with Gasteiger partial charge >= 0.3 is 0 Å². The van der Waals surface area contributed by atoms with Crippen LogP contribution in [-0.2, 0) is 0 Å². The van der Waals surface area contributed by atoms with Gasteiger partial charge in [-0.1, -0.05) is 63.9 Å². The van der Waals surface area contributed by atoms with Gasteiger partial charge in [0.25, 0.3) is 0 Å². The molecule has 0 aliphatic rings. The first-order valence-corrected chi connectivity index (χ1v) is 8.01. The molecule has 0 aliphatic heterocycles. The van der Waals surface area contributed by atoms with E-state index in [1.807, 2.05) is 12.1 Å². The van der Waals surface area contributed by atoms with Crippen LogP contribution in [0.2, 0.25) is 5.02 Å². The minimum Gasteiger partial charge on any atom is -0.378 e. The molecule has 0 bridgehead atoms. The van der Waals surface area contributed by atoms with Crippen molar-refractivity contribution in [3.63, 3.8) is 0 Å². The molecule has 1 nitrogen and oxygen atoms in total.